The van der Waals surface area contributed by atoms with Crippen molar-refractivity contribution in [1.29, 1.82) is 0 Å². The number of hydrogen-bond acceptors (Lipinski definition) is 4. The fourth-order valence-corrected chi connectivity index (χ4v) is 5.31. The fourth-order valence-electron chi connectivity index (χ4n) is 4.30. The van der Waals surface area contributed by atoms with E-state index in [0.717, 1.165) is 32.8 Å². The number of anilines is 1. The highest BCUT2D eigenvalue weighted by Crippen LogP contribution is 2.26. The van der Waals surface area contributed by atoms with Gasteiger partial charge in [-0.1, -0.05) is 86.1 Å². The number of nitrogens with one attached hydrogen (secondary N) is 1. The van der Waals surface area contributed by atoms with E-state index in [0.29, 0.717) is 11.6 Å². The summed E-state index contributed by atoms with van der Waals surface area (Å²) in [5.74, 6) is -0.566. The third kappa shape index (κ3) is 8.57. The third-order valence-corrected chi connectivity index (χ3v) is 8.23. The van der Waals surface area contributed by atoms with Gasteiger partial charge in [0, 0.05) is 24.5 Å². The fraction of sp³-hybridized carbons (Fsp3) is 0.355. The van der Waals surface area contributed by atoms with Gasteiger partial charge in [0.1, 0.15) is 12.6 Å². The van der Waals surface area contributed by atoms with Gasteiger partial charge in [-0.25, -0.2) is 8.42 Å². The second-order valence-corrected chi connectivity index (χ2v) is 12.8. The lowest BCUT2D eigenvalue weighted by Crippen LogP contribution is -2.53. The van der Waals surface area contributed by atoms with Crippen LogP contribution in [0.25, 0.3) is 0 Å². The molecule has 0 bridgehead atoms. The predicted octanol–water partition coefficient (Wildman–Crippen LogP) is 5.14. The summed E-state index contributed by atoms with van der Waals surface area (Å²) in [6.45, 7) is 7.87. The number of aryl methyl sites for hydroxylation is 2. The second-order valence-electron chi connectivity index (χ2n) is 10.5. The van der Waals surface area contributed by atoms with Crippen LogP contribution in [0.4, 0.5) is 5.69 Å². The van der Waals surface area contributed by atoms with Gasteiger partial charge in [0.05, 0.1) is 11.9 Å². The van der Waals surface area contributed by atoms with Crippen LogP contribution >= 0.6 is 11.6 Å². The van der Waals surface area contributed by atoms with Crippen LogP contribution in [0.1, 0.15) is 36.1 Å². The number of amides is 2. The lowest BCUT2D eigenvalue weighted by molar-refractivity contribution is -0.140. The molecule has 3 rings (SSSR count). The first-order chi connectivity index (χ1) is 18.9. The molecule has 0 radical (unpaired) electrons. The molecule has 0 saturated carbocycles. The molecule has 3 aromatic rings. The molecule has 0 aliphatic carbocycles. The molecule has 1 N–H and O–H groups in total. The van der Waals surface area contributed by atoms with Gasteiger partial charge in [-0.3, -0.25) is 13.9 Å². The summed E-state index contributed by atoms with van der Waals surface area (Å²) in [6, 6.07) is 21.1. The van der Waals surface area contributed by atoms with Gasteiger partial charge in [0.25, 0.3) is 0 Å². The maximum Gasteiger partial charge on any atom is 0.244 e. The molecule has 1 atom stereocenters. The minimum atomic E-state index is -3.86. The van der Waals surface area contributed by atoms with Crippen LogP contribution in [-0.2, 0) is 32.6 Å². The first-order valence-corrected chi connectivity index (χ1v) is 15.5. The molecule has 0 heterocycles. The third-order valence-electron chi connectivity index (χ3n) is 6.68. The number of halogens is 1. The van der Waals surface area contributed by atoms with Crippen LogP contribution < -0.4 is 9.62 Å². The van der Waals surface area contributed by atoms with Crippen LogP contribution in [0.2, 0.25) is 5.02 Å². The maximum absolute atomic E-state index is 14.1. The molecule has 0 aliphatic rings. The first-order valence-electron chi connectivity index (χ1n) is 13.3. The highest BCUT2D eigenvalue weighted by molar-refractivity contribution is 7.92. The lowest BCUT2D eigenvalue weighted by Gasteiger charge is -2.34. The minimum Gasteiger partial charge on any atom is -0.354 e. The van der Waals surface area contributed by atoms with Crippen LogP contribution in [0, 0.1) is 19.8 Å². The molecule has 40 heavy (non-hydrogen) atoms. The van der Waals surface area contributed by atoms with Crippen molar-refractivity contribution in [3.63, 3.8) is 0 Å². The predicted molar refractivity (Wildman–Crippen MR) is 162 cm³/mol. The van der Waals surface area contributed by atoms with E-state index in [9.17, 15) is 18.0 Å². The standard InChI is InChI=1S/C31H38ClN3O4S/c1-22(2)19-33-31(37)29(17-25-12-7-6-8-13-25)34(20-26-14-10-9-11-23(26)3)30(36)21-35(40(5,38)39)27-16-15-24(4)28(32)18-27/h6-16,18,22,29H,17,19-21H2,1-5H3,(H,33,37). The Morgan fingerprint density at radius 1 is 0.925 bits per heavy atom. The number of sulfonamides is 1. The second kappa shape index (κ2) is 13.8. The molecule has 2 amide bonds. The average molecular weight is 584 g/mol. The van der Waals surface area contributed by atoms with Gasteiger partial charge in [-0.15, -0.1) is 0 Å². The summed E-state index contributed by atoms with van der Waals surface area (Å²) in [5.41, 5.74) is 3.80. The number of hydrogen-bond donors (Lipinski definition) is 1. The van der Waals surface area contributed by atoms with Crippen molar-refractivity contribution in [3.8, 4) is 0 Å². The number of carbonyl (C=O) groups excluding carboxylic acids is 2. The quantitative estimate of drug-likeness (QED) is 0.320. The summed E-state index contributed by atoms with van der Waals surface area (Å²) in [7, 11) is -3.86. The van der Waals surface area contributed by atoms with Crippen LogP contribution in [0.15, 0.2) is 72.8 Å². The largest absolute Gasteiger partial charge is 0.354 e. The van der Waals surface area contributed by atoms with E-state index >= 15 is 0 Å². The SMILES string of the molecule is Cc1ccc(N(CC(=O)N(Cc2ccccc2C)C(Cc2ccccc2)C(=O)NCC(C)C)S(C)(=O)=O)cc1Cl. The highest BCUT2D eigenvalue weighted by atomic mass is 35.5. The monoisotopic (exact) mass is 583 g/mol. The summed E-state index contributed by atoms with van der Waals surface area (Å²) in [5, 5.41) is 3.38. The molecule has 0 spiro atoms. The Balaban J connectivity index is 2.07. The Morgan fingerprint density at radius 2 is 1.57 bits per heavy atom. The van der Waals surface area contributed by atoms with E-state index < -0.39 is 28.5 Å². The van der Waals surface area contributed by atoms with E-state index in [1.807, 2.05) is 82.3 Å². The normalized spacial score (nSPS) is 12.2. The summed E-state index contributed by atoms with van der Waals surface area (Å²) < 4.78 is 26.8. The van der Waals surface area contributed by atoms with Crippen molar-refractivity contribution >= 4 is 39.1 Å². The molecular weight excluding hydrogens is 546 g/mol. The molecule has 7 nitrogen and oxygen atoms in total. The van der Waals surface area contributed by atoms with Crippen LogP contribution in [0.3, 0.4) is 0 Å². The van der Waals surface area contributed by atoms with E-state index in [2.05, 4.69) is 5.32 Å². The Kier molecular flexibility index (Phi) is 10.8. The molecule has 214 valence electrons. The summed E-state index contributed by atoms with van der Waals surface area (Å²) in [6.07, 6.45) is 1.33. The van der Waals surface area contributed by atoms with Gasteiger partial charge in [-0.05, 0) is 54.2 Å². The zero-order chi connectivity index (χ0) is 29.4. The Labute approximate surface area is 243 Å². The van der Waals surface area contributed by atoms with Gasteiger partial charge in [-0.2, -0.15) is 0 Å². The molecular formula is C31H38ClN3O4S. The van der Waals surface area contributed by atoms with Gasteiger partial charge < -0.3 is 10.2 Å². The number of benzene rings is 3. The molecule has 0 aromatic heterocycles. The number of nitrogens with zero attached hydrogens (tertiary/aromatic N) is 2. The zero-order valence-electron chi connectivity index (χ0n) is 23.7. The molecule has 9 heteroatoms. The minimum absolute atomic E-state index is 0.143. The van der Waals surface area contributed by atoms with Gasteiger partial charge in [0.2, 0.25) is 21.8 Å². The molecule has 0 saturated heterocycles. The van der Waals surface area contributed by atoms with Crippen LogP contribution in [0.5, 0.6) is 0 Å². The smallest absolute Gasteiger partial charge is 0.244 e. The van der Waals surface area contributed by atoms with Crippen molar-refractivity contribution < 1.29 is 18.0 Å². The zero-order valence-corrected chi connectivity index (χ0v) is 25.3. The number of rotatable bonds is 12. The molecule has 1 unspecified atom stereocenters. The first kappa shape index (κ1) is 31.2. The highest BCUT2D eigenvalue weighted by Gasteiger charge is 2.33. The van der Waals surface area contributed by atoms with Crippen LogP contribution in [-0.4, -0.2) is 50.5 Å². The topological polar surface area (TPSA) is 86.8 Å². The summed E-state index contributed by atoms with van der Waals surface area (Å²) in [4.78, 5) is 29.3. The Morgan fingerprint density at radius 3 is 2.17 bits per heavy atom. The molecule has 0 fully saturated rings. The Bertz CT molecular complexity index is 1430. The van der Waals surface area contributed by atoms with Crippen molar-refractivity contribution in [2.45, 2.75) is 46.7 Å². The molecule has 0 aliphatic heterocycles. The van der Waals surface area contributed by atoms with E-state index in [1.165, 1.54) is 11.0 Å². The van der Waals surface area contributed by atoms with Gasteiger partial charge >= 0.3 is 0 Å². The Hall–Kier alpha value is -3.36. The summed E-state index contributed by atoms with van der Waals surface area (Å²) >= 11 is 6.30. The average Bonchev–Trinajstić information content (AvgIpc) is 2.90. The van der Waals surface area contributed by atoms with E-state index in [-0.39, 0.29) is 30.5 Å². The lowest BCUT2D eigenvalue weighted by atomic mass is 10.0. The van der Waals surface area contributed by atoms with Crippen molar-refractivity contribution in [2.75, 3.05) is 23.7 Å². The van der Waals surface area contributed by atoms with E-state index in [4.69, 9.17) is 11.6 Å². The van der Waals surface area contributed by atoms with Crippen molar-refractivity contribution in [3.05, 3.63) is 100 Å². The number of carbonyl (C=O) groups is 2. The van der Waals surface area contributed by atoms with E-state index in [1.54, 1.807) is 12.1 Å². The van der Waals surface area contributed by atoms with Crippen molar-refractivity contribution in [1.82, 2.24) is 10.2 Å². The molecule has 3 aromatic carbocycles. The van der Waals surface area contributed by atoms with Gasteiger partial charge in [0.15, 0.2) is 0 Å². The maximum atomic E-state index is 14.1. The van der Waals surface area contributed by atoms with Crippen molar-refractivity contribution in [2.24, 2.45) is 5.92 Å².